The summed E-state index contributed by atoms with van der Waals surface area (Å²) in [6.07, 6.45) is 1.08. The molecule has 3 nitrogen and oxygen atoms in total. The van der Waals surface area contributed by atoms with Gasteiger partial charge in [0.05, 0.1) is 16.3 Å². The van der Waals surface area contributed by atoms with Crippen LogP contribution in [-0.2, 0) is 6.42 Å². The van der Waals surface area contributed by atoms with Crippen LogP contribution in [0.3, 0.4) is 0 Å². The molecule has 0 saturated carbocycles. The lowest BCUT2D eigenvalue weighted by molar-refractivity contribution is 0.198. The zero-order valence-corrected chi connectivity index (χ0v) is 14.9. The quantitative estimate of drug-likeness (QED) is 0.784. The van der Waals surface area contributed by atoms with Gasteiger partial charge in [-0.25, -0.2) is 4.98 Å². The van der Waals surface area contributed by atoms with Gasteiger partial charge in [0, 0.05) is 26.2 Å². The topological polar surface area (TPSA) is 28.2 Å². The number of nitrogens with zero attached hydrogens (tertiary/aromatic N) is 2. The minimum atomic E-state index is 0.260. The van der Waals surface area contributed by atoms with Gasteiger partial charge in [-0.2, -0.15) is 0 Å². The zero-order chi connectivity index (χ0) is 16.4. The van der Waals surface area contributed by atoms with Crippen LogP contribution in [0, 0.1) is 0 Å². The minimum Gasteiger partial charge on any atom is -0.314 e. The van der Waals surface area contributed by atoms with Crippen LogP contribution in [0.2, 0.25) is 0 Å². The van der Waals surface area contributed by atoms with E-state index in [4.69, 9.17) is 4.98 Å². The molecule has 1 aliphatic rings. The van der Waals surface area contributed by atoms with Gasteiger partial charge in [0.15, 0.2) is 0 Å². The number of hydrogen-bond donors (Lipinski definition) is 1. The second-order valence-electron chi connectivity index (χ2n) is 6.30. The normalized spacial score (nSPS) is 17.2. The van der Waals surface area contributed by atoms with Crippen LogP contribution in [0.4, 0.5) is 0 Å². The summed E-state index contributed by atoms with van der Waals surface area (Å²) in [5.41, 5.74) is 3.86. The Bertz CT molecular complexity index is 770. The molecule has 3 aromatic rings. The highest BCUT2D eigenvalue weighted by Crippen LogP contribution is 2.34. The Morgan fingerprint density at radius 1 is 1.08 bits per heavy atom. The molecule has 2 aromatic carbocycles. The first-order valence-corrected chi connectivity index (χ1v) is 9.56. The first-order chi connectivity index (χ1) is 11.8. The third-order valence-corrected chi connectivity index (χ3v) is 5.85. The summed E-state index contributed by atoms with van der Waals surface area (Å²) in [5.74, 6) is 0. The number of aryl methyl sites for hydroxylation is 1. The molecule has 0 aliphatic carbocycles. The molecule has 1 fully saturated rings. The maximum Gasteiger partial charge on any atom is 0.116 e. The van der Waals surface area contributed by atoms with Gasteiger partial charge >= 0.3 is 0 Å². The molecule has 1 aromatic heterocycles. The molecule has 4 rings (SSSR count). The van der Waals surface area contributed by atoms with Gasteiger partial charge in [-0.3, -0.25) is 4.90 Å². The monoisotopic (exact) mass is 337 g/mol. The summed E-state index contributed by atoms with van der Waals surface area (Å²) in [6, 6.07) is 17.8. The first-order valence-electron chi connectivity index (χ1n) is 8.74. The third-order valence-electron chi connectivity index (χ3n) is 4.76. The summed E-state index contributed by atoms with van der Waals surface area (Å²) >= 11 is 1.83. The van der Waals surface area contributed by atoms with Crippen LogP contribution >= 0.6 is 11.3 Å². The molecular formula is C20H23N3S. The Kier molecular flexibility index (Phi) is 4.60. The summed E-state index contributed by atoms with van der Waals surface area (Å²) < 4.78 is 1.28. The van der Waals surface area contributed by atoms with Crippen LogP contribution in [0.15, 0.2) is 48.5 Å². The number of rotatable bonds is 4. The van der Waals surface area contributed by atoms with Gasteiger partial charge in [0.2, 0.25) is 0 Å². The fourth-order valence-corrected chi connectivity index (χ4v) is 4.52. The van der Waals surface area contributed by atoms with Crippen LogP contribution in [-0.4, -0.2) is 36.1 Å². The fourth-order valence-electron chi connectivity index (χ4n) is 3.39. The molecule has 2 heterocycles. The van der Waals surface area contributed by atoms with Gasteiger partial charge in [0.1, 0.15) is 5.01 Å². The van der Waals surface area contributed by atoms with Crippen molar-refractivity contribution in [1.29, 1.82) is 0 Å². The number of thiazole rings is 1. The average molecular weight is 337 g/mol. The molecule has 4 heteroatoms. The van der Waals surface area contributed by atoms with E-state index < -0.39 is 0 Å². The zero-order valence-electron chi connectivity index (χ0n) is 14.0. The van der Waals surface area contributed by atoms with E-state index >= 15 is 0 Å². The second kappa shape index (κ2) is 7.01. The Labute approximate surface area is 147 Å². The van der Waals surface area contributed by atoms with E-state index in [2.05, 4.69) is 65.7 Å². The van der Waals surface area contributed by atoms with E-state index in [-0.39, 0.29) is 6.04 Å². The van der Waals surface area contributed by atoms with Crippen LogP contribution < -0.4 is 5.32 Å². The van der Waals surface area contributed by atoms with E-state index in [1.807, 2.05) is 11.3 Å². The summed E-state index contributed by atoms with van der Waals surface area (Å²) in [7, 11) is 0. The molecule has 0 amide bonds. The van der Waals surface area contributed by atoms with Crippen molar-refractivity contribution in [3.63, 3.8) is 0 Å². The Balaban J connectivity index is 1.76. The number of aromatic nitrogens is 1. The van der Waals surface area contributed by atoms with Crippen molar-refractivity contribution in [2.45, 2.75) is 19.4 Å². The highest BCUT2D eigenvalue weighted by atomic mass is 32.1. The van der Waals surface area contributed by atoms with Gasteiger partial charge in [-0.1, -0.05) is 43.3 Å². The molecule has 0 spiro atoms. The number of fused-ring (bicyclic) bond motifs is 1. The van der Waals surface area contributed by atoms with Crippen molar-refractivity contribution in [2.24, 2.45) is 0 Å². The lowest BCUT2D eigenvalue weighted by Gasteiger charge is -2.34. The van der Waals surface area contributed by atoms with E-state index in [9.17, 15) is 0 Å². The van der Waals surface area contributed by atoms with E-state index in [0.29, 0.717) is 0 Å². The first kappa shape index (κ1) is 15.8. The molecule has 1 saturated heterocycles. The highest BCUT2D eigenvalue weighted by molar-refractivity contribution is 7.18. The lowest BCUT2D eigenvalue weighted by Crippen LogP contribution is -2.45. The Hall–Kier alpha value is -1.75. The van der Waals surface area contributed by atoms with E-state index in [1.54, 1.807) is 0 Å². The molecule has 24 heavy (non-hydrogen) atoms. The molecule has 0 radical (unpaired) electrons. The number of nitrogens with one attached hydrogen (secondary N) is 1. The minimum absolute atomic E-state index is 0.260. The fraction of sp³-hybridized carbons (Fsp3) is 0.350. The average Bonchev–Trinajstić information content (AvgIpc) is 3.07. The van der Waals surface area contributed by atoms with Crippen LogP contribution in [0.25, 0.3) is 10.2 Å². The van der Waals surface area contributed by atoms with E-state index in [1.165, 1.54) is 20.8 Å². The molecular weight excluding hydrogens is 314 g/mol. The molecule has 1 N–H and O–H groups in total. The second-order valence-corrected chi connectivity index (χ2v) is 7.37. The lowest BCUT2D eigenvalue weighted by atomic mass is 10.0. The van der Waals surface area contributed by atoms with Crippen LogP contribution in [0.5, 0.6) is 0 Å². The standard InChI is InChI=1S/C20H23N3S/c1-2-15-7-9-16(10-8-15)19(23-13-11-21-12-14-23)20-22-17-5-3-4-6-18(17)24-20/h3-10,19,21H,2,11-14H2,1H3. The number of benzene rings is 2. The van der Waals surface area contributed by atoms with Gasteiger partial charge < -0.3 is 5.32 Å². The van der Waals surface area contributed by atoms with Crippen molar-refractivity contribution in [3.8, 4) is 0 Å². The van der Waals surface area contributed by atoms with Gasteiger partial charge in [0.25, 0.3) is 0 Å². The number of hydrogen-bond acceptors (Lipinski definition) is 4. The maximum absolute atomic E-state index is 4.96. The maximum atomic E-state index is 4.96. The molecule has 1 atom stereocenters. The van der Waals surface area contributed by atoms with Crippen molar-refractivity contribution in [1.82, 2.24) is 15.2 Å². The number of piperazine rings is 1. The van der Waals surface area contributed by atoms with Crippen molar-refractivity contribution in [2.75, 3.05) is 26.2 Å². The summed E-state index contributed by atoms with van der Waals surface area (Å²) in [6.45, 7) is 6.44. The predicted octanol–water partition coefficient (Wildman–Crippen LogP) is 3.85. The number of para-hydroxylation sites is 1. The Morgan fingerprint density at radius 3 is 2.54 bits per heavy atom. The van der Waals surface area contributed by atoms with Crippen molar-refractivity contribution >= 4 is 21.6 Å². The molecule has 124 valence electrons. The largest absolute Gasteiger partial charge is 0.314 e. The molecule has 1 unspecified atom stereocenters. The Morgan fingerprint density at radius 2 is 1.83 bits per heavy atom. The van der Waals surface area contributed by atoms with E-state index in [0.717, 1.165) is 38.1 Å². The summed E-state index contributed by atoms with van der Waals surface area (Å²) in [4.78, 5) is 7.53. The highest BCUT2D eigenvalue weighted by Gasteiger charge is 2.26. The van der Waals surface area contributed by atoms with Gasteiger partial charge in [-0.15, -0.1) is 11.3 Å². The van der Waals surface area contributed by atoms with Crippen LogP contribution in [0.1, 0.15) is 29.1 Å². The smallest absolute Gasteiger partial charge is 0.116 e. The molecule has 1 aliphatic heterocycles. The van der Waals surface area contributed by atoms with Crippen molar-refractivity contribution in [3.05, 3.63) is 64.7 Å². The predicted molar refractivity (Wildman–Crippen MR) is 102 cm³/mol. The third kappa shape index (κ3) is 3.09. The molecule has 0 bridgehead atoms. The van der Waals surface area contributed by atoms with Crippen molar-refractivity contribution < 1.29 is 0 Å². The SMILES string of the molecule is CCc1ccc(C(c2nc3ccccc3s2)N2CCNCC2)cc1. The summed E-state index contributed by atoms with van der Waals surface area (Å²) in [5, 5.41) is 4.67. The van der Waals surface area contributed by atoms with Gasteiger partial charge in [-0.05, 0) is 29.7 Å².